The van der Waals surface area contributed by atoms with Gasteiger partial charge in [-0.3, -0.25) is 4.79 Å². The zero-order valence-electron chi connectivity index (χ0n) is 14.4. The summed E-state index contributed by atoms with van der Waals surface area (Å²) < 4.78 is 5.53. The summed E-state index contributed by atoms with van der Waals surface area (Å²) in [6.07, 6.45) is -0.918. The van der Waals surface area contributed by atoms with Crippen molar-refractivity contribution in [2.45, 2.75) is 6.92 Å². The Morgan fingerprint density at radius 1 is 1.11 bits per heavy atom. The molecule has 3 aromatic carbocycles. The van der Waals surface area contributed by atoms with Gasteiger partial charge in [0.1, 0.15) is 0 Å². The number of primary amides is 1. The van der Waals surface area contributed by atoms with Crippen molar-refractivity contribution in [1.29, 1.82) is 0 Å². The minimum Gasteiger partial charge on any atom is -0.381 e. The Balaban J connectivity index is 1.67. The van der Waals surface area contributed by atoms with Crippen LogP contribution in [0.2, 0.25) is 0 Å². The highest BCUT2D eigenvalue weighted by atomic mass is 32.1. The van der Waals surface area contributed by atoms with Crippen LogP contribution in [0.5, 0.6) is 5.19 Å². The molecule has 0 saturated heterocycles. The second-order valence-corrected chi connectivity index (χ2v) is 7.01. The number of ether oxygens (including phenoxy) is 1. The molecule has 0 aliphatic rings. The number of rotatable bonds is 3. The lowest BCUT2D eigenvalue weighted by Crippen LogP contribution is -2.15. The summed E-state index contributed by atoms with van der Waals surface area (Å²) in [6.45, 7) is 1.96. The number of carbonyl (C=O) groups excluding carboxylic acids is 2. The first kappa shape index (κ1) is 17.0. The molecule has 4 rings (SSSR count). The minimum absolute atomic E-state index is 0.153. The van der Waals surface area contributed by atoms with Crippen LogP contribution in [-0.4, -0.2) is 17.0 Å². The van der Waals surface area contributed by atoms with Crippen molar-refractivity contribution < 1.29 is 14.3 Å². The van der Waals surface area contributed by atoms with Gasteiger partial charge in [0.05, 0.1) is 15.9 Å². The van der Waals surface area contributed by atoms with Crippen LogP contribution in [0, 0.1) is 6.92 Å². The number of thiazole rings is 1. The fourth-order valence-electron chi connectivity index (χ4n) is 2.91. The monoisotopic (exact) mass is 377 g/mol. The van der Waals surface area contributed by atoms with Crippen molar-refractivity contribution in [3.05, 3.63) is 65.7 Å². The summed E-state index contributed by atoms with van der Waals surface area (Å²) in [5.74, 6) is -0.220. The number of hydrogen-bond acceptors (Lipinski definition) is 5. The van der Waals surface area contributed by atoms with E-state index in [9.17, 15) is 9.59 Å². The lowest BCUT2D eigenvalue weighted by atomic mass is 10.0. The zero-order valence-corrected chi connectivity index (χ0v) is 15.2. The van der Waals surface area contributed by atoms with Crippen LogP contribution < -0.4 is 15.8 Å². The normalized spacial score (nSPS) is 10.9. The molecule has 1 aromatic heterocycles. The Morgan fingerprint density at radius 3 is 2.74 bits per heavy atom. The molecule has 0 atom stereocenters. The first-order chi connectivity index (χ1) is 13.0. The molecule has 1 heterocycles. The second-order valence-electron chi connectivity index (χ2n) is 6.02. The third-order valence-electron chi connectivity index (χ3n) is 4.19. The van der Waals surface area contributed by atoms with E-state index in [1.807, 2.05) is 43.3 Å². The van der Waals surface area contributed by atoms with Gasteiger partial charge in [0, 0.05) is 10.9 Å². The highest BCUT2D eigenvalue weighted by Crippen LogP contribution is 2.30. The lowest BCUT2D eigenvalue weighted by Gasteiger charge is -2.12. The number of fused-ring (bicyclic) bond motifs is 2. The summed E-state index contributed by atoms with van der Waals surface area (Å²) in [4.78, 5) is 27.8. The van der Waals surface area contributed by atoms with Gasteiger partial charge in [0.25, 0.3) is 11.1 Å². The molecule has 0 aliphatic carbocycles. The van der Waals surface area contributed by atoms with Gasteiger partial charge in [-0.25, -0.2) is 9.78 Å². The van der Waals surface area contributed by atoms with Gasteiger partial charge in [-0.05, 0) is 36.1 Å². The molecule has 2 amide bonds. The van der Waals surface area contributed by atoms with Crippen molar-refractivity contribution >= 4 is 50.0 Å². The molecule has 0 unspecified atom stereocenters. The van der Waals surface area contributed by atoms with Crippen LogP contribution in [-0.2, 0) is 0 Å². The molecule has 4 aromatic rings. The van der Waals surface area contributed by atoms with Crippen LogP contribution in [0.4, 0.5) is 10.5 Å². The molecule has 134 valence electrons. The number of amides is 2. The Hall–Kier alpha value is -3.45. The van der Waals surface area contributed by atoms with Crippen molar-refractivity contribution in [2.24, 2.45) is 5.73 Å². The van der Waals surface area contributed by atoms with E-state index >= 15 is 0 Å². The molecule has 0 radical (unpaired) electrons. The molecule has 7 heteroatoms. The Morgan fingerprint density at radius 2 is 1.93 bits per heavy atom. The van der Waals surface area contributed by atoms with Gasteiger partial charge in [0.2, 0.25) is 0 Å². The number of benzene rings is 3. The fourth-order valence-corrected chi connectivity index (χ4v) is 3.77. The molecular weight excluding hydrogens is 362 g/mol. The highest BCUT2D eigenvalue weighted by Gasteiger charge is 2.13. The number of anilines is 1. The van der Waals surface area contributed by atoms with Crippen molar-refractivity contribution in [3.8, 4) is 5.19 Å². The smallest absolute Gasteiger partial charge is 0.381 e. The first-order valence-electron chi connectivity index (χ1n) is 8.19. The molecule has 0 fully saturated rings. The van der Waals surface area contributed by atoms with Crippen LogP contribution in [0.1, 0.15) is 15.9 Å². The lowest BCUT2D eigenvalue weighted by molar-refractivity contribution is 0.102. The number of aromatic nitrogens is 1. The van der Waals surface area contributed by atoms with E-state index in [0.717, 1.165) is 38.1 Å². The summed E-state index contributed by atoms with van der Waals surface area (Å²) in [5.41, 5.74) is 7.91. The van der Waals surface area contributed by atoms with E-state index in [1.165, 1.54) is 0 Å². The third-order valence-corrected chi connectivity index (χ3v) is 5.09. The van der Waals surface area contributed by atoms with Gasteiger partial charge < -0.3 is 15.8 Å². The van der Waals surface area contributed by atoms with Crippen LogP contribution in [0.3, 0.4) is 0 Å². The molecule has 0 saturated carbocycles. The molecule has 0 spiro atoms. The number of nitrogens with zero attached hydrogens (tertiary/aromatic N) is 1. The maximum absolute atomic E-state index is 12.8. The standard InChI is InChI=1S/C20H15N3O3S/c1-11-6-7-12-4-2-3-5-14(12)17(11)23-18(24)13-8-9-15-16(10-13)27-20(22-15)26-19(21)25/h2-10H,1H3,(H2,21,25)(H,23,24). The highest BCUT2D eigenvalue weighted by molar-refractivity contribution is 7.20. The number of nitrogens with two attached hydrogens (primary N) is 1. The summed E-state index contributed by atoms with van der Waals surface area (Å²) in [5, 5.41) is 5.21. The molecule has 0 aliphatic heterocycles. The molecular formula is C20H15N3O3S. The van der Waals surface area contributed by atoms with E-state index in [1.54, 1.807) is 18.2 Å². The van der Waals surface area contributed by atoms with Gasteiger partial charge in [-0.2, -0.15) is 0 Å². The van der Waals surface area contributed by atoms with Gasteiger partial charge >= 0.3 is 6.09 Å². The number of aryl methyl sites for hydroxylation is 1. The van der Waals surface area contributed by atoms with Gasteiger partial charge in [-0.15, -0.1) is 0 Å². The van der Waals surface area contributed by atoms with Crippen molar-refractivity contribution in [2.75, 3.05) is 5.32 Å². The molecule has 6 nitrogen and oxygen atoms in total. The first-order valence-corrected chi connectivity index (χ1v) is 9.00. The Labute approximate surface area is 158 Å². The van der Waals surface area contributed by atoms with Gasteiger partial charge in [-0.1, -0.05) is 47.7 Å². The van der Waals surface area contributed by atoms with E-state index in [4.69, 9.17) is 10.5 Å². The molecule has 27 heavy (non-hydrogen) atoms. The summed E-state index contributed by atoms with van der Waals surface area (Å²) >= 11 is 1.16. The maximum Gasteiger partial charge on any atom is 0.411 e. The van der Waals surface area contributed by atoms with Crippen molar-refractivity contribution in [1.82, 2.24) is 4.98 Å². The van der Waals surface area contributed by atoms with Crippen LogP contribution >= 0.6 is 11.3 Å². The summed E-state index contributed by atoms with van der Waals surface area (Å²) in [7, 11) is 0. The number of hydrogen-bond donors (Lipinski definition) is 2. The molecule has 3 N–H and O–H groups in total. The summed E-state index contributed by atoms with van der Waals surface area (Å²) in [6, 6.07) is 17.0. The van der Waals surface area contributed by atoms with E-state index in [2.05, 4.69) is 10.3 Å². The Kier molecular flexibility index (Phi) is 4.21. The minimum atomic E-state index is -0.918. The predicted octanol–water partition coefficient (Wildman–Crippen LogP) is 4.47. The van der Waals surface area contributed by atoms with Crippen molar-refractivity contribution in [3.63, 3.8) is 0 Å². The number of nitrogens with one attached hydrogen (secondary N) is 1. The Bertz CT molecular complexity index is 1200. The van der Waals surface area contributed by atoms with E-state index < -0.39 is 6.09 Å². The number of carbonyl (C=O) groups is 2. The topological polar surface area (TPSA) is 94.3 Å². The SMILES string of the molecule is Cc1ccc2ccccc2c1NC(=O)c1ccc2nc(OC(N)=O)sc2c1. The van der Waals surface area contributed by atoms with Gasteiger partial charge in [0.15, 0.2) is 0 Å². The van der Waals surface area contributed by atoms with E-state index in [0.29, 0.717) is 11.1 Å². The zero-order chi connectivity index (χ0) is 19.0. The second kappa shape index (κ2) is 6.69. The largest absolute Gasteiger partial charge is 0.411 e. The average molecular weight is 377 g/mol. The van der Waals surface area contributed by atoms with E-state index in [-0.39, 0.29) is 11.1 Å². The quantitative estimate of drug-likeness (QED) is 0.551. The molecule has 0 bridgehead atoms. The van der Waals surface area contributed by atoms with Crippen LogP contribution in [0.25, 0.3) is 21.0 Å². The maximum atomic E-state index is 12.8. The van der Waals surface area contributed by atoms with Crippen LogP contribution in [0.15, 0.2) is 54.6 Å². The predicted molar refractivity (Wildman–Crippen MR) is 106 cm³/mol. The average Bonchev–Trinajstić information content (AvgIpc) is 3.04. The fraction of sp³-hybridized carbons (Fsp3) is 0.0500. The third kappa shape index (κ3) is 3.32.